The summed E-state index contributed by atoms with van der Waals surface area (Å²) in [6.45, 7) is 0.438. The highest BCUT2D eigenvalue weighted by molar-refractivity contribution is 5.93. The Morgan fingerprint density at radius 1 is 1.12 bits per heavy atom. The Labute approximate surface area is 151 Å². The summed E-state index contributed by atoms with van der Waals surface area (Å²) in [4.78, 5) is 61.9. The fourth-order valence-electron chi connectivity index (χ4n) is 3.05. The molecule has 10 heteroatoms. The summed E-state index contributed by atoms with van der Waals surface area (Å²) in [5.74, 6) is -1.83. The zero-order valence-corrected chi connectivity index (χ0v) is 14.8. The van der Waals surface area contributed by atoms with E-state index in [9.17, 15) is 24.0 Å². The van der Waals surface area contributed by atoms with E-state index in [1.54, 1.807) is 0 Å². The SMILES string of the molecule is COC(=O)CNC(=O)CNC(=O)[C@@H]1CCCN1C(=O)CN1CCCC1=O. The third kappa shape index (κ3) is 5.17. The number of methoxy groups -OCH3 is 1. The van der Waals surface area contributed by atoms with Gasteiger partial charge in [0.15, 0.2) is 0 Å². The van der Waals surface area contributed by atoms with Crippen LogP contribution in [0.4, 0.5) is 0 Å². The summed E-state index contributed by atoms with van der Waals surface area (Å²) in [5, 5.41) is 4.79. The number of carbonyl (C=O) groups is 5. The van der Waals surface area contributed by atoms with Crippen molar-refractivity contribution in [3.8, 4) is 0 Å². The Kier molecular flexibility index (Phi) is 6.93. The summed E-state index contributed by atoms with van der Waals surface area (Å²) < 4.78 is 4.40. The smallest absolute Gasteiger partial charge is 0.325 e. The predicted octanol–water partition coefficient (Wildman–Crippen LogP) is -1.99. The number of nitrogens with one attached hydrogen (secondary N) is 2. The molecular weight excluding hydrogens is 344 g/mol. The van der Waals surface area contributed by atoms with E-state index in [1.807, 2.05) is 0 Å². The van der Waals surface area contributed by atoms with Gasteiger partial charge in [-0.1, -0.05) is 0 Å². The molecule has 26 heavy (non-hydrogen) atoms. The summed E-state index contributed by atoms with van der Waals surface area (Å²) in [6, 6.07) is -0.645. The lowest BCUT2D eigenvalue weighted by Crippen LogP contribution is -2.50. The first-order chi connectivity index (χ1) is 12.4. The number of carbonyl (C=O) groups excluding carboxylic acids is 5. The van der Waals surface area contributed by atoms with E-state index in [1.165, 1.54) is 16.9 Å². The van der Waals surface area contributed by atoms with Gasteiger partial charge in [-0.15, -0.1) is 0 Å². The molecule has 0 aromatic rings. The Bertz CT molecular complexity index is 593. The van der Waals surface area contributed by atoms with Crippen molar-refractivity contribution in [2.75, 3.05) is 39.8 Å². The monoisotopic (exact) mass is 368 g/mol. The van der Waals surface area contributed by atoms with E-state index in [4.69, 9.17) is 0 Å². The number of hydrogen-bond acceptors (Lipinski definition) is 6. The standard InChI is InChI=1S/C16H24N4O6/c1-26-15(24)9-17-12(21)8-18-16(25)11-4-2-7-20(11)14(23)10-19-6-3-5-13(19)22/h11H,2-10H2,1H3,(H,17,21)(H,18,25)/t11-/m0/s1. The van der Waals surface area contributed by atoms with Gasteiger partial charge >= 0.3 is 5.97 Å². The number of nitrogens with zero attached hydrogens (tertiary/aromatic N) is 2. The molecule has 0 aromatic heterocycles. The molecule has 1 atom stereocenters. The van der Waals surface area contributed by atoms with Crippen LogP contribution < -0.4 is 10.6 Å². The molecule has 4 amide bonds. The van der Waals surface area contributed by atoms with E-state index in [0.29, 0.717) is 32.4 Å². The lowest BCUT2D eigenvalue weighted by Gasteiger charge is -2.26. The molecule has 0 aliphatic carbocycles. The van der Waals surface area contributed by atoms with Gasteiger partial charge in [0.1, 0.15) is 12.6 Å². The van der Waals surface area contributed by atoms with E-state index in [0.717, 1.165) is 6.42 Å². The minimum atomic E-state index is -0.645. The summed E-state index contributed by atoms with van der Waals surface area (Å²) in [7, 11) is 1.21. The highest BCUT2D eigenvalue weighted by atomic mass is 16.5. The number of ether oxygens (including phenoxy) is 1. The molecule has 2 aliphatic heterocycles. The maximum Gasteiger partial charge on any atom is 0.325 e. The molecule has 0 unspecified atom stereocenters. The number of hydrogen-bond donors (Lipinski definition) is 2. The second kappa shape index (κ2) is 9.16. The van der Waals surface area contributed by atoms with Gasteiger partial charge in [-0.05, 0) is 19.3 Å². The van der Waals surface area contributed by atoms with Gasteiger partial charge in [0, 0.05) is 19.5 Å². The van der Waals surface area contributed by atoms with Crippen LogP contribution in [0.25, 0.3) is 0 Å². The first kappa shape index (κ1) is 19.7. The third-order valence-corrected chi connectivity index (χ3v) is 4.45. The van der Waals surface area contributed by atoms with Gasteiger partial charge < -0.3 is 25.2 Å². The number of rotatable bonds is 7. The zero-order valence-electron chi connectivity index (χ0n) is 14.8. The Balaban J connectivity index is 1.79. The first-order valence-electron chi connectivity index (χ1n) is 8.61. The average Bonchev–Trinajstić information content (AvgIpc) is 3.27. The largest absolute Gasteiger partial charge is 0.468 e. The van der Waals surface area contributed by atoms with Gasteiger partial charge in [-0.25, -0.2) is 0 Å². The molecule has 10 nitrogen and oxygen atoms in total. The maximum atomic E-state index is 12.4. The molecule has 0 saturated carbocycles. The van der Waals surface area contributed by atoms with Crippen LogP contribution in [0.5, 0.6) is 0 Å². The molecule has 2 aliphatic rings. The lowest BCUT2D eigenvalue weighted by atomic mass is 10.2. The van der Waals surface area contributed by atoms with Crippen LogP contribution in [0.2, 0.25) is 0 Å². The van der Waals surface area contributed by atoms with E-state index in [-0.39, 0.29) is 31.4 Å². The molecule has 2 fully saturated rings. The van der Waals surface area contributed by atoms with Crippen molar-refractivity contribution < 1.29 is 28.7 Å². The quantitative estimate of drug-likeness (QED) is 0.501. The van der Waals surface area contributed by atoms with Crippen molar-refractivity contribution in [3.05, 3.63) is 0 Å². The van der Waals surface area contributed by atoms with E-state index in [2.05, 4.69) is 15.4 Å². The van der Waals surface area contributed by atoms with Crippen LogP contribution in [-0.4, -0.2) is 85.3 Å². The Hall–Kier alpha value is -2.65. The Morgan fingerprint density at radius 2 is 1.88 bits per heavy atom. The van der Waals surface area contributed by atoms with E-state index < -0.39 is 23.8 Å². The van der Waals surface area contributed by atoms with Crippen LogP contribution in [0.3, 0.4) is 0 Å². The van der Waals surface area contributed by atoms with Crippen molar-refractivity contribution in [1.82, 2.24) is 20.4 Å². The van der Waals surface area contributed by atoms with Crippen molar-refractivity contribution in [2.45, 2.75) is 31.7 Å². The van der Waals surface area contributed by atoms with E-state index >= 15 is 0 Å². The molecule has 2 saturated heterocycles. The second-order valence-corrected chi connectivity index (χ2v) is 6.23. The summed E-state index contributed by atoms with van der Waals surface area (Å²) in [5.41, 5.74) is 0. The molecule has 2 N–H and O–H groups in total. The van der Waals surface area contributed by atoms with Crippen molar-refractivity contribution in [3.63, 3.8) is 0 Å². The van der Waals surface area contributed by atoms with Gasteiger partial charge in [-0.3, -0.25) is 24.0 Å². The molecule has 144 valence electrons. The maximum absolute atomic E-state index is 12.4. The van der Waals surface area contributed by atoms with Crippen molar-refractivity contribution >= 4 is 29.6 Å². The van der Waals surface area contributed by atoms with Crippen LogP contribution in [0.15, 0.2) is 0 Å². The molecule has 0 bridgehead atoms. The Morgan fingerprint density at radius 3 is 2.54 bits per heavy atom. The molecular formula is C16H24N4O6. The topological polar surface area (TPSA) is 125 Å². The van der Waals surface area contributed by atoms with Crippen LogP contribution in [0.1, 0.15) is 25.7 Å². The summed E-state index contributed by atoms with van der Waals surface area (Å²) in [6.07, 6.45) is 2.40. The van der Waals surface area contributed by atoms with Crippen LogP contribution >= 0.6 is 0 Å². The first-order valence-corrected chi connectivity index (χ1v) is 8.61. The second-order valence-electron chi connectivity index (χ2n) is 6.23. The molecule has 0 spiro atoms. The third-order valence-electron chi connectivity index (χ3n) is 4.45. The lowest BCUT2D eigenvalue weighted by molar-refractivity contribution is -0.142. The number of amides is 4. The average molecular weight is 368 g/mol. The zero-order chi connectivity index (χ0) is 19.1. The summed E-state index contributed by atoms with van der Waals surface area (Å²) >= 11 is 0. The minimum absolute atomic E-state index is 0.0117. The van der Waals surface area contributed by atoms with Crippen LogP contribution in [-0.2, 0) is 28.7 Å². The van der Waals surface area contributed by atoms with Crippen molar-refractivity contribution in [2.24, 2.45) is 0 Å². The molecule has 2 heterocycles. The molecule has 0 aromatic carbocycles. The van der Waals surface area contributed by atoms with Crippen LogP contribution in [0, 0.1) is 0 Å². The normalized spacial score (nSPS) is 19.4. The van der Waals surface area contributed by atoms with Gasteiger partial charge in [0.05, 0.1) is 20.2 Å². The van der Waals surface area contributed by atoms with Gasteiger partial charge in [0.25, 0.3) is 0 Å². The number of esters is 1. The van der Waals surface area contributed by atoms with Crippen molar-refractivity contribution in [1.29, 1.82) is 0 Å². The van der Waals surface area contributed by atoms with Gasteiger partial charge in [-0.2, -0.15) is 0 Å². The van der Waals surface area contributed by atoms with Gasteiger partial charge in [0.2, 0.25) is 23.6 Å². The minimum Gasteiger partial charge on any atom is -0.468 e. The molecule has 0 radical (unpaired) electrons. The highest BCUT2D eigenvalue weighted by Crippen LogP contribution is 2.19. The fraction of sp³-hybridized carbons (Fsp3) is 0.688. The highest BCUT2D eigenvalue weighted by Gasteiger charge is 2.35. The molecule has 2 rings (SSSR count). The fourth-order valence-corrected chi connectivity index (χ4v) is 3.05. The predicted molar refractivity (Wildman–Crippen MR) is 88.6 cm³/mol. The number of likely N-dealkylation sites (tertiary alicyclic amines) is 2.